The molecular weight excluding hydrogens is 316 g/mol. The highest BCUT2D eigenvalue weighted by Crippen LogP contribution is 2.35. The molecule has 0 aliphatic carbocycles. The van der Waals surface area contributed by atoms with Gasteiger partial charge in [0, 0.05) is 16.2 Å². The number of rotatable bonds is 3. The van der Waals surface area contributed by atoms with Crippen LogP contribution >= 0.6 is 27.3 Å². The van der Waals surface area contributed by atoms with E-state index in [-0.39, 0.29) is 5.91 Å². The molecule has 18 heavy (non-hydrogen) atoms. The molecule has 0 atom stereocenters. The molecule has 4 nitrogen and oxygen atoms in total. The van der Waals surface area contributed by atoms with E-state index in [4.69, 9.17) is 10.5 Å². The number of nitrogens with one attached hydrogen (secondary N) is 1. The van der Waals surface area contributed by atoms with Crippen LogP contribution in [0.3, 0.4) is 0 Å². The van der Waals surface area contributed by atoms with E-state index in [0.29, 0.717) is 26.5 Å². The van der Waals surface area contributed by atoms with E-state index in [0.717, 1.165) is 0 Å². The Kier molecular flexibility index (Phi) is 3.88. The number of hydrogen-bond acceptors (Lipinski definition) is 4. The summed E-state index contributed by atoms with van der Waals surface area (Å²) in [5, 5.41) is 4.65. The first kappa shape index (κ1) is 12.9. The summed E-state index contributed by atoms with van der Waals surface area (Å²) >= 11 is 4.74. The zero-order valence-electron chi connectivity index (χ0n) is 9.57. The molecule has 2 rings (SSSR count). The summed E-state index contributed by atoms with van der Waals surface area (Å²) in [4.78, 5) is 12.6. The van der Waals surface area contributed by atoms with Crippen LogP contribution in [0.2, 0.25) is 0 Å². The zero-order valence-corrected chi connectivity index (χ0v) is 12.0. The van der Waals surface area contributed by atoms with Crippen molar-refractivity contribution in [2.75, 3.05) is 18.2 Å². The van der Waals surface area contributed by atoms with Gasteiger partial charge in [-0.2, -0.15) is 0 Å². The standard InChI is InChI=1S/C12H11BrN2O2S/c1-17-9-6-7(14)5-8(13)11(9)15-12(16)10-3-2-4-18-10/h2-6H,14H2,1H3,(H,15,16). The summed E-state index contributed by atoms with van der Waals surface area (Å²) in [6, 6.07) is 6.97. The molecule has 0 fully saturated rings. The molecule has 1 heterocycles. The molecule has 6 heteroatoms. The van der Waals surface area contributed by atoms with E-state index in [2.05, 4.69) is 21.2 Å². The van der Waals surface area contributed by atoms with Crippen molar-refractivity contribution in [1.29, 1.82) is 0 Å². The first-order chi connectivity index (χ1) is 8.61. The van der Waals surface area contributed by atoms with Crippen molar-refractivity contribution in [1.82, 2.24) is 0 Å². The molecule has 0 aliphatic rings. The van der Waals surface area contributed by atoms with E-state index >= 15 is 0 Å². The van der Waals surface area contributed by atoms with Gasteiger partial charge in [-0.3, -0.25) is 4.79 Å². The molecule has 0 saturated heterocycles. The molecule has 1 amide bonds. The van der Waals surface area contributed by atoms with Crippen LogP contribution in [0.25, 0.3) is 0 Å². The van der Waals surface area contributed by atoms with Gasteiger partial charge in [0.1, 0.15) is 5.75 Å². The molecule has 3 N–H and O–H groups in total. The van der Waals surface area contributed by atoms with Crippen LogP contribution in [0.1, 0.15) is 9.67 Å². The number of nitrogens with two attached hydrogens (primary N) is 1. The number of thiophene rings is 1. The lowest BCUT2D eigenvalue weighted by atomic mass is 10.2. The largest absolute Gasteiger partial charge is 0.494 e. The van der Waals surface area contributed by atoms with Crippen LogP contribution in [0, 0.1) is 0 Å². The lowest BCUT2D eigenvalue weighted by Gasteiger charge is -2.12. The van der Waals surface area contributed by atoms with Crippen molar-refractivity contribution in [3.05, 3.63) is 39.0 Å². The highest BCUT2D eigenvalue weighted by molar-refractivity contribution is 9.10. The zero-order chi connectivity index (χ0) is 13.1. The number of hydrogen-bond donors (Lipinski definition) is 2. The molecule has 0 bridgehead atoms. The van der Waals surface area contributed by atoms with Gasteiger partial charge in [0.25, 0.3) is 5.91 Å². The third kappa shape index (κ3) is 2.65. The lowest BCUT2D eigenvalue weighted by Crippen LogP contribution is -2.11. The van der Waals surface area contributed by atoms with Gasteiger partial charge < -0.3 is 15.8 Å². The number of nitrogen functional groups attached to an aromatic ring is 1. The van der Waals surface area contributed by atoms with E-state index in [9.17, 15) is 4.79 Å². The molecule has 0 unspecified atom stereocenters. The van der Waals surface area contributed by atoms with Gasteiger partial charge in [0.05, 0.1) is 17.7 Å². The van der Waals surface area contributed by atoms with Gasteiger partial charge in [0.15, 0.2) is 0 Å². The fourth-order valence-electron chi connectivity index (χ4n) is 1.47. The second-order valence-electron chi connectivity index (χ2n) is 3.51. The van der Waals surface area contributed by atoms with E-state index in [1.54, 1.807) is 18.2 Å². The average Bonchev–Trinajstić information content (AvgIpc) is 2.85. The molecule has 0 aliphatic heterocycles. The number of carbonyl (C=O) groups is 1. The average molecular weight is 327 g/mol. The lowest BCUT2D eigenvalue weighted by molar-refractivity contribution is 0.103. The Labute approximate surface area is 117 Å². The number of anilines is 2. The van der Waals surface area contributed by atoms with Gasteiger partial charge in [-0.05, 0) is 33.4 Å². The molecule has 0 radical (unpaired) electrons. The minimum atomic E-state index is -0.172. The molecule has 0 spiro atoms. The summed E-state index contributed by atoms with van der Waals surface area (Å²) in [6.45, 7) is 0. The maximum atomic E-state index is 12.0. The smallest absolute Gasteiger partial charge is 0.265 e. The van der Waals surface area contributed by atoms with Crippen molar-refractivity contribution >= 4 is 44.5 Å². The molecule has 1 aromatic heterocycles. The van der Waals surface area contributed by atoms with Crippen molar-refractivity contribution in [2.24, 2.45) is 0 Å². The molecule has 0 saturated carbocycles. The van der Waals surface area contributed by atoms with E-state index < -0.39 is 0 Å². The van der Waals surface area contributed by atoms with Crippen LogP contribution in [0.15, 0.2) is 34.1 Å². The van der Waals surface area contributed by atoms with Gasteiger partial charge in [-0.15, -0.1) is 11.3 Å². The van der Waals surface area contributed by atoms with Gasteiger partial charge >= 0.3 is 0 Å². The van der Waals surface area contributed by atoms with Crippen LogP contribution in [0.5, 0.6) is 5.75 Å². The molecule has 2 aromatic rings. The Balaban J connectivity index is 2.31. The highest BCUT2D eigenvalue weighted by Gasteiger charge is 2.14. The van der Waals surface area contributed by atoms with Crippen LogP contribution in [0.4, 0.5) is 11.4 Å². The summed E-state index contributed by atoms with van der Waals surface area (Å²) in [7, 11) is 1.53. The maximum Gasteiger partial charge on any atom is 0.265 e. The Morgan fingerprint density at radius 3 is 2.89 bits per heavy atom. The Morgan fingerprint density at radius 2 is 2.28 bits per heavy atom. The highest BCUT2D eigenvalue weighted by atomic mass is 79.9. The van der Waals surface area contributed by atoms with Crippen molar-refractivity contribution in [3.8, 4) is 5.75 Å². The summed E-state index contributed by atoms with van der Waals surface area (Å²) in [5.41, 5.74) is 6.85. The first-order valence-electron chi connectivity index (χ1n) is 5.09. The predicted octanol–water partition coefficient (Wildman–Crippen LogP) is 3.35. The fourth-order valence-corrected chi connectivity index (χ4v) is 2.64. The normalized spacial score (nSPS) is 10.1. The Hall–Kier alpha value is -1.53. The van der Waals surface area contributed by atoms with Crippen LogP contribution < -0.4 is 15.8 Å². The Morgan fingerprint density at radius 1 is 1.50 bits per heavy atom. The minimum absolute atomic E-state index is 0.172. The first-order valence-corrected chi connectivity index (χ1v) is 6.77. The molecular formula is C12H11BrN2O2S. The minimum Gasteiger partial charge on any atom is -0.494 e. The van der Waals surface area contributed by atoms with Crippen molar-refractivity contribution in [2.45, 2.75) is 0 Å². The number of ether oxygens (including phenoxy) is 1. The Bertz CT molecular complexity index is 570. The third-order valence-corrected chi connectivity index (χ3v) is 3.77. The topological polar surface area (TPSA) is 64.3 Å². The van der Waals surface area contributed by atoms with Crippen molar-refractivity contribution < 1.29 is 9.53 Å². The quantitative estimate of drug-likeness (QED) is 0.850. The van der Waals surface area contributed by atoms with Crippen molar-refractivity contribution in [3.63, 3.8) is 0 Å². The van der Waals surface area contributed by atoms with Gasteiger partial charge in [-0.1, -0.05) is 6.07 Å². The van der Waals surface area contributed by atoms with E-state index in [1.807, 2.05) is 11.4 Å². The van der Waals surface area contributed by atoms with E-state index in [1.165, 1.54) is 18.4 Å². The van der Waals surface area contributed by atoms with Gasteiger partial charge in [0.2, 0.25) is 0 Å². The van der Waals surface area contributed by atoms with Crippen LogP contribution in [-0.4, -0.2) is 13.0 Å². The summed E-state index contributed by atoms with van der Waals surface area (Å²) < 4.78 is 5.89. The fraction of sp³-hybridized carbons (Fsp3) is 0.0833. The maximum absolute atomic E-state index is 12.0. The second-order valence-corrected chi connectivity index (χ2v) is 5.31. The van der Waals surface area contributed by atoms with Gasteiger partial charge in [-0.25, -0.2) is 0 Å². The SMILES string of the molecule is COc1cc(N)cc(Br)c1NC(=O)c1cccs1. The second kappa shape index (κ2) is 5.41. The number of carbonyl (C=O) groups excluding carboxylic acids is 1. The van der Waals surface area contributed by atoms with Crippen LogP contribution in [-0.2, 0) is 0 Å². The molecule has 1 aromatic carbocycles. The summed E-state index contributed by atoms with van der Waals surface area (Å²) in [5.74, 6) is 0.348. The number of amides is 1. The third-order valence-electron chi connectivity index (χ3n) is 2.28. The predicted molar refractivity (Wildman–Crippen MR) is 77.4 cm³/mol. The molecule has 94 valence electrons. The number of halogens is 1. The monoisotopic (exact) mass is 326 g/mol. The number of benzene rings is 1. The number of methoxy groups -OCH3 is 1. The summed E-state index contributed by atoms with van der Waals surface area (Å²) in [6.07, 6.45) is 0.